The SMILES string of the molecule is O=S(=O)([O-])C(F)(F)C(F)(F)C(F)(F)F.O=S(=O)([O-])C(F)(F)C(F)(F)C(F)(F)F.[Mg+2]. The van der Waals surface area contributed by atoms with Crippen molar-refractivity contribution in [3.05, 3.63) is 0 Å². The van der Waals surface area contributed by atoms with Crippen LogP contribution >= 0.6 is 0 Å². The van der Waals surface area contributed by atoms with E-state index in [-0.39, 0.29) is 23.1 Å². The fourth-order valence-corrected chi connectivity index (χ4v) is 1.50. The number of halogens is 14. The summed E-state index contributed by atoms with van der Waals surface area (Å²) in [6.45, 7) is 0. The molecule has 0 N–H and O–H groups in total. The summed E-state index contributed by atoms with van der Waals surface area (Å²) in [6, 6.07) is 0. The molecule has 0 radical (unpaired) electrons. The van der Waals surface area contributed by atoms with Crippen LogP contribution in [0, 0.1) is 0 Å². The molecule has 0 saturated heterocycles. The normalized spacial score (nSPS) is 15.2. The summed E-state index contributed by atoms with van der Waals surface area (Å²) >= 11 is 0. The molecule has 0 spiro atoms. The second-order valence-electron chi connectivity index (χ2n) is 4.09. The van der Waals surface area contributed by atoms with Gasteiger partial charge in [-0.05, 0) is 0 Å². The second kappa shape index (κ2) is 8.62. The minimum atomic E-state index is -7.10. The Morgan fingerprint density at radius 2 is 0.586 bits per heavy atom. The van der Waals surface area contributed by atoms with Gasteiger partial charge < -0.3 is 9.11 Å². The van der Waals surface area contributed by atoms with E-state index in [0.29, 0.717) is 0 Å². The molecule has 0 aromatic heterocycles. The van der Waals surface area contributed by atoms with Crippen molar-refractivity contribution in [2.45, 2.75) is 34.7 Å². The maximum atomic E-state index is 11.8. The van der Waals surface area contributed by atoms with Crippen LogP contribution in [0.15, 0.2) is 0 Å². The van der Waals surface area contributed by atoms with Gasteiger partial charge in [0.25, 0.3) is 0 Å². The summed E-state index contributed by atoms with van der Waals surface area (Å²) in [7, 11) is -14.2. The van der Waals surface area contributed by atoms with Gasteiger partial charge in [0.15, 0.2) is 20.2 Å². The monoisotopic (exact) mass is 522 g/mol. The quantitative estimate of drug-likeness (QED) is 0.318. The van der Waals surface area contributed by atoms with Crippen LogP contribution in [0.5, 0.6) is 0 Å². The van der Waals surface area contributed by atoms with Crippen molar-refractivity contribution in [3.8, 4) is 0 Å². The first kappa shape index (κ1) is 33.2. The van der Waals surface area contributed by atoms with Crippen LogP contribution in [0.1, 0.15) is 0 Å². The molecule has 23 heteroatoms. The van der Waals surface area contributed by atoms with Gasteiger partial charge in [-0.25, -0.2) is 16.8 Å². The van der Waals surface area contributed by atoms with Crippen LogP contribution < -0.4 is 0 Å². The van der Waals surface area contributed by atoms with Crippen molar-refractivity contribution in [2.24, 2.45) is 0 Å². The van der Waals surface area contributed by atoms with Crippen LogP contribution in [0.3, 0.4) is 0 Å². The van der Waals surface area contributed by atoms with Gasteiger partial charge in [0.1, 0.15) is 0 Å². The Bertz CT molecular complexity index is 699. The molecule has 0 atom stereocenters. The minimum Gasteiger partial charge on any atom is -0.743 e. The molecule has 6 nitrogen and oxygen atoms in total. The van der Waals surface area contributed by atoms with E-state index in [4.69, 9.17) is 0 Å². The van der Waals surface area contributed by atoms with Crippen molar-refractivity contribution >= 4 is 43.3 Å². The van der Waals surface area contributed by atoms with E-state index >= 15 is 0 Å². The third kappa shape index (κ3) is 6.30. The molecule has 0 aromatic carbocycles. The summed E-state index contributed by atoms with van der Waals surface area (Å²) in [4.78, 5) is 0. The smallest absolute Gasteiger partial charge is 0.743 e. The molecular formula is C6F14MgO6S2. The van der Waals surface area contributed by atoms with E-state index in [1.54, 1.807) is 0 Å². The number of alkyl halides is 14. The molecule has 0 rings (SSSR count). The zero-order chi connectivity index (χ0) is 24.0. The molecule has 172 valence electrons. The van der Waals surface area contributed by atoms with Crippen molar-refractivity contribution in [1.82, 2.24) is 0 Å². The van der Waals surface area contributed by atoms with Gasteiger partial charge >= 0.3 is 57.8 Å². The van der Waals surface area contributed by atoms with Gasteiger partial charge in [0, 0.05) is 0 Å². The molecular weight excluding hydrogens is 522 g/mol. The first-order valence-corrected chi connectivity index (χ1v) is 7.87. The predicted octanol–water partition coefficient (Wildman–Crippen LogP) is 2.26. The number of rotatable bonds is 4. The molecule has 0 aliphatic heterocycles. The molecule has 0 aliphatic carbocycles. The molecule has 29 heavy (non-hydrogen) atoms. The van der Waals surface area contributed by atoms with E-state index in [1.165, 1.54) is 0 Å². The fraction of sp³-hybridized carbons (Fsp3) is 1.00. The summed E-state index contributed by atoms with van der Waals surface area (Å²) in [5.41, 5.74) is 0. The summed E-state index contributed by atoms with van der Waals surface area (Å²) in [5.74, 6) is -13.8. The summed E-state index contributed by atoms with van der Waals surface area (Å²) < 4.78 is 218. The van der Waals surface area contributed by atoms with E-state index < -0.39 is 54.9 Å². The number of hydrogen-bond acceptors (Lipinski definition) is 6. The van der Waals surface area contributed by atoms with Gasteiger partial charge in [-0.3, -0.25) is 0 Å². The van der Waals surface area contributed by atoms with E-state index in [0.717, 1.165) is 0 Å². The van der Waals surface area contributed by atoms with E-state index in [2.05, 4.69) is 0 Å². The van der Waals surface area contributed by atoms with Gasteiger partial charge in [0.05, 0.1) is 0 Å². The second-order valence-corrected chi connectivity index (χ2v) is 6.93. The number of hydrogen-bond donors (Lipinski definition) is 0. The maximum Gasteiger partial charge on any atom is 2.00 e. The zero-order valence-electron chi connectivity index (χ0n) is 12.3. The standard InChI is InChI=1S/2C3HF7O3S.Mg/c2*4-1(5,2(6,7)8)3(9,10)14(11,12)13;/h2*(H,11,12,13);/q;;+2/p-2. The maximum absolute atomic E-state index is 11.8. The van der Waals surface area contributed by atoms with Crippen LogP contribution in [0.25, 0.3) is 0 Å². The molecule has 0 fully saturated rings. The fourth-order valence-electron chi connectivity index (χ4n) is 0.644. The topological polar surface area (TPSA) is 114 Å². The zero-order valence-corrected chi connectivity index (χ0v) is 15.3. The van der Waals surface area contributed by atoms with Crippen LogP contribution in [0.4, 0.5) is 61.5 Å². The first-order valence-electron chi connectivity index (χ1n) is 5.05. The Labute approximate surface area is 165 Å². The minimum absolute atomic E-state index is 0. The summed E-state index contributed by atoms with van der Waals surface area (Å²) in [6.07, 6.45) is -13.7. The van der Waals surface area contributed by atoms with Crippen molar-refractivity contribution < 1.29 is 87.4 Å². The van der Waals surface area contributed by atoms with Crippen LogP contribution in [0.2, 0.25) is 0 Å². The van der Waals surface area contributed by atoms with Gasteiger partial charge in [0.2, 0.25) is 0 Å². The first-order chi connectivity index (χ1) is 11.5. The molecule has 0 bridgehead atoms. The average Bonchev–Trinajstić information content (AvgIpc) is 2.33. The van der Waals surface area contributed by atoms with Crippen molar-refractivity contribution in [1.29, 1.82) is 0 Å². The molecule has 0 unspecified atom stereocenters. The Balaban J connectivity index is -0.000000451. The van der Waals surface area contributed by atoms with Crippen molar-refractivity contribution in [3.63, 3.8) is 0 Å². The average molecular weight is 522 g/mol. The largest absolute Gasteiger partial charge is 2.00 e. The molecule has 0 heterocycles. The third-order valence-electron chi connectivity index (χ3n) is 2.07. The molecule has 0 amide bonds. The molecule has 0 aromatic rings. The van der Waals surface area contributed by atoms with Crippen LogP contribution in [-0.4, -0.2) is 83.7 Å². The Morgan fingerprint density at radius 3 is 0.621 bits per heavy atom. The predicted molar refractivity (Wildman–Crippen MR) is 57.0 cm³/mol. The van der Waals surface area contributed by atoms with Gasteiger partial charge in [-0.15, -0.1) is 0 Å². The van der Waals surface area contributed by atoms with Crippen LogP contribution in [-0.2, 0) is 20.2 Å². The van der Waals surface area contributed by atoms with Gasteiger partial charge in [-0.1, -0.05) is 0 Å². The Morgan fingerprint density at radius 1 is 0.448 bits per heavy atom. The Hall–Kier alpha value is -0.394. The third-order valence-corrected chi connectivity index (χ3v) is 3.84. The van der Waals surface area contributed by atoms with Crippen molar-refractivity contribution in [2.75, 3.05) is 0 Å². The van der Waals surface area contributed by atoms with E-state index in [9.17, 15) is 87.4 Å². The molecule has 0 saturated carbocycles. The summed E-state index contributed by atoms with van der Waals surface area (Å²) in [5, 5.41) is -13.4. The Kier molecular flexibility index (Phi) is 9.89. The van der Waals surface area contributed by atoms with E-state index in [1.807, 2.05) is 0 Å². The molecule has 0 aliphatic rings. The van der Waals surface area contributed by atoms with Gasteiger partial charge in [-0.2, -0.15) is 61.5 Å².